The third-order valence-corrected chi connectivity index (χ3v) is 4.23. The highest BCUT2D eigenvalue weighted by Gasteiger charge is 2.28. The number of carbonyl (C=O) groups is 2. The molecule has 0 aliphatic carbocycles. The fourth-order valence-corrected chi connectivity index (χ4v) is 2.66. The summed E-state index contributed by atoms with van der Waals surface area (Å²) in [7, 11) is 1.30. The lowest BCUT2D eigenvalue weighted by molar-refractivity contribution is 0.0600. The lowest BCUT2D eigenvalue weighted by Crippen LogP contribution is -2.03. The van der Waals surface area contributed by atoms with Crippen molar-refractivity contribution in [1.82, 2.24) is 0 Å². The van der Waals surface area contributed by atoms with E-state index < -0.39 is 5.97 Å². The molecule has 0 unspecified atom stereocenters. The highest BCUT2D eigenvalue weighted by Crippen LogP contribution is 2.33. The van der Waals surface area contributed by atoms with Gasteiger partial charge in [0.15, 0.2) is 5.76 Å². The van der Waals surface area contributed by atoms with Crippen LogP contribution in [-0.4, -0.2) is 25.5 Å². The van der Waals surface area contributed by atoms with Gasteiger partial charge in [0.05, 0.1) is 24.8 Å². The highest BCUT2D eigenvalue weighted by atomic mass is 16.5. The second-order valence-corrected chi connectivity index (χ2v) is 6.74. The van der Waals surface area contributed by atoms with E-state index >= 15 is 0 Å². The number of hydrogen-bond donors (Lipinski definition) is 0. The molecule has 1 heterocycles. The molecule has 2 aromatic rings. The van der Waals surface area contributed by atoms with E-state index in [2.05, 4.69) is 18.6 Å². The average molecular weight is 366 g/mol. The Labute approximate surface area is 158 Å². The van der Waals surface area contributed by atoms with Crippen molar-refractivity contribution in [2.24, 2.45) is 5.92 Å². The molecule has 0 radical (unpaired) electrons. The highest BCUT2D eigenvalue weighted by molar-refractivity contribution is 6.15. The number of ketones is 1. The molecule has 0 spiro atoms. The average Bonchev–Trinajstić information content (AvgIpc) is 2.97. The van der Waals surface area contributed by atoms with Crippen molar-refractivity contribution >= 4 is 17.8 Å². The number of benzene rings is 2. The molecule has 5 heteroatoms. The van der Waals surface area contributed by atoms with Gasteiger partial charge in [-0.05, 0) is 54.3 Å². The summed E-state index contributed by atoms with van der Waals surface area (Å²) < 4.78 is 16.0. The van der Waals surface area contributed by atoms with Crippen LogP contribution < -0.4 is 9.47 Å². The molecule has 1 aliphatic heterocycles. The van der Waals surface area contributed by atoms with Crippen molar-refractivity contribution in [3.8, 4) is 11.5 Å². The molecule has 0 bridgehead atoms. The van der Waals surface area contributed by atoms with Crippen LogP contribution in [0.3, 0.4) is 0 Å². The summed E-state index contributed by atoms with van der Waals surface area (Å²) in [5.41, 5.74) is 1.51. The zero-order valence-corrected chi connectivity index (χ0v) is 15.7. The molecular weight excluding hydrogens is 344 g/mol. The van der Waals surface area contributed by atoms with Gasteiger partial charge in [-0.15, -0.1) is 0 Å². The van der Waals surface area contributed by atoms with Gasteiger partial charge in [0.1, 0.15) is 11.5 Å². The van der Waals surface area contributed by atoms with Crippen molar-refractivity contribution in [2.75, 3.05) is 13.7 Å². The van der Waals surface area contributed by atoms with Crippen LogP contribution in [0, 0.1) is 5.92 Å². The second kappa shape index (κ2) is 8.08. The van der Waals surface area contributed by atoms with Gasteiger partial charge in [-0.25, -0.2) is 4.79 Å². The SMILES string of the molecule is COC(=O)c1ccc2c(c1)C(=O)/C(=C\c1ccc(OCCC(C)C)cc1)O2. The first-order valence-corrected chi connectivity index (χ1v) is 8.87. The predicted molar refractivity (Wildman–Crippen MR) is 102 cm³/mol. The standard InChI is InChI=1S/C22H22O5/c1-14(2)10-11-26-17-7-4-15(5-8-17)12-20-21(23)18-13-16(22(24)25-3)6-9-19(18)27-20/h4-9,12-14H,10-11H2,1-3H3/b20-12+. The van der Waals surface area contributed by atoms with E-state index in [1.807, 2.05) is 24.3 Å². The molecule has 3 rings (SSSR count). The summed E-state index contributed by atoms with van der Waals surface area (Å²) in [6, 6.07) is 12.2. The van der Waals surface area contributed by atoms with Gasteiger partial charge in [0.25, 0.3) is 0 Å². The molecule has 0 N–H and O–H groups in total. The van der Waals surface area contributed by atoms with Crippen molar-refractivity contribution in [1.29, 1.82) is 0 Å². The molecule has 0 fully saturated rings. The summed E-state index contributed by atoms with van der Waals surface area (Å²) >= 11 is 0. The molecule has 5 nitrogen and oxygen atoms in total. The fraction of sp³-hybridized carbons (Fsp3) is 0.273. The topological polar surface area (TPSA) is 61.8 Å². The minimum absolute atomic E-state index is 0.223. The zero-order valence-electron chi connectivity index (χ0n) is 15.7. The van der Waals surface area contributed by atoms with Crippen LogP contribution in [0.15, 0.2) is 48.2 Å². The van der Waals surface area contributed by atoms with Gasteiger partial charge in [0, 0.05) is 0 Å². The quantitative estimate of drug-likeness (QED) is 0.556. The first kappa shape index (κ1) is 18.7. The number of allylic oxidation sites excluding steroid dienone is 1. The van der Waals surface area contributed by atoms with Gasteiger partial charge < -0.3 is 14.2 Å². The van der Waals surface area contributed by atoms with Gasteiger partial charge in [-0.1, -0.05) is 26.0 Å². The molecule has 140 valence electrons. The summed E-state index contributed by atoms with van der Waals surface area (Å²) in [5, 5.41) is 0. The van der Waals surface area contributed by atoms with E-state index in [1.165, 1.54) is 13.2 Å². The van der Waals surface area contributed by atoms with E-state index in [9.17, 15) is 9.59 Å². The van der Waals surface area contributed by atoms with Crippen molar-refractivity contribution < 1.29 is 23.8 Å². The molecule has 0 saturated carbocycles. The van der Waals surface area contributed by atoms with Crippen molar-refractivity contribution in [3.63, 3.8) is 0 Å². The summed E-state index contributed by atoms with van der Waals surface area (Å²) in [6.45, 7) is 4.99. The molecule has 0 amide bonds. The Morgan fingerprint density at radius 1 is 1.15 bits per heavy atom. The zero-order chi connectivity index (χ0) is 19.4. The van der Waals surface area contributed by atoms with Crippen LogP contribution in [0.25, 0.3) is 6.08 Å². The summed E-state index contributed by atoms with van der Waals surface area (Å²) in [5.74, 6) is 1.31. The van der Waals surface area contributed by atoms with E-state index in [0.717, 1.165) is 17.7 Å². The third-order valence-electron chi connectivity index (χ3n) is 4.23. The fourth-order valence-electron chi connectivity index (χ4n) is 2.66. The van der Waals surface area contributed by atoms with Gasteiger partial charge in [-0.2, -0.15) is 0 Å². The van der Waals surface area contributed by atoms with Crippen molar-refractivity contribution in [2.45, 2.75) is 20.3 Å². The Bertz CT molecular complexity index is 878. The van der Waals surface area contributed by atoms with Crippen LogP contribution in [-0.2, 0) is 4.74 Å². The van der Waals surface area contributed by atoms with Crippen LogP contribution in [0.2, 0.25) is 0 Å². The first-order chi connectivity index (χ1) is 13.0. The molecule has 27 heavy (non-hydrogen) atoms. The minimum Gasteiger partial charge on any atom is -0.494 e. The Hall–Kier alpha value is -3.08. The number of carbonyl (C=O) groups excluding carboxylic acids is 2. The monoisotopic (exact) mass is 366 g/mol. The Kier molecular flexibility index (Phi) is 5.60. The number of methoxy groups -OCH3 is 1. The number of hydrogen-bond acceptors (Lipinski definition) is 5. The number of Topliss-reactive ketones (excluding diaryl/α,β-unsaturated/α-hetero) is 1. The van der Waals surface area contributed by atoms with Crippen LogP contribution in [0.1, 0.15) is 46.5 Å². The van der Waals surface area contributed by atoms with Gasteiger partial charge in [-0.3, -0.25) is 4.79 Å². The number of fused-ring (bicyclic) bond motifs is 1. The number of rotatable bonds is 6. The second-order valence-electron chi connectivity index (χ2n) is 6.74. The molecule has 2 aromatic carbocycles. The minimum atomic E-state index is -0.490. The molecule has 0 aromatic heterocycles. The Balaban J connectivity index is 1.72. The molecular formula is C22H22O5. The van der Waals surface area contributed by atoms with Gasteiger partial charge >= 0.3 is 5.97 Å². The smallest absolute Gasteiger partial charge is 0.337 e. The lowest BCUT2D eigenvalue weighted by atomic mass is 10.1. The predicted octanol–water partition coefficient (Wildman–Crippen LogP) is 4.51. The number of ether oxygens (including phenoxy) is 3. The maximum Gasteiger partial charge on any atom is 0.337 e. The third kappa shape index (κ3) is 4.37. The largest absolute Gasteiger partial charge is 0.494 e. The lowest BCUT2D eigenvalue weighted by Gasteiger charge is -2.08. The van der Waals surface area contributed by atoms with Crippen molar-refractivity contribution in [3.05, 3.63) is 64.9 Å². The van der Waals surface area contributed by atoms with Crippen LogP contribution in [0.5, 0.6) is 11.5 Å². The van der Waals surface area contributed by atoms with Gasteiger partial charge in [0.2, 0.25) is 5.78 Å². The Morgan fingerprint density at radius 2 is 1.89 bits per heavy atom. The van der Waals surface area contributed by atoms with E-state index in [-0.39, 0.29) is 11.5 Å². The number of esters is 1. The van der Waals surface area contributed by atoms with E-state index in [0.29, 0.717) is 29.4 Å². The molecule has 0 atom stereocenters. The van der Waals surface area contributed by atoms with E-state index in [1.54, 1.807) is 18.2 Å². The first-order valence-electron chi connectivity index (χ1n) is 8.87. The Morgan fingerprint density at radius 3 is 2.56 bits per heavy atom. The molecule has 0 saturated heterocycles. The summed E-state index contributed by atoms with van der Waals surface area (Å²) in [6.07, 6.45) is 2.68. The van der Waals surface area contributed by atoms with Crippen LogP contribution in [0.4, 0.5) is 0 Å². The van der Waals surface area contributed by atoms with E-state index in [4.69, 9.17) is 9.47 Å². The van der Waals surface area contributed by atoms with Crippen LogP contribution >= 0.6 is 0 Å². The maximum absolute atomic E-state index is 12.6. The summed E-state index contributed by atoms with van der Waals surface area (Å²) in [4.78, 5) is 24.2. The normalized spacial score (nSPS) is 14.2. The molecule has 1 aliphatic rings. The maximum atomic E-state index is 12.6.